The van der Waals surface area contributed by atoms with Gasteiger partial charge in [0.15, 0.2) is 0 Å². The summed E-state index contributed by atoms with van der Waals surface area (Å²) >= 11 is 0. The number of ether oxygens (including phenoxy) is 1. The molecule has 1 heterocycles. The predicted molar refractivity (Wildman–Crippen MR) is 74.0 cm³/mol. The first kappa shape index (κ1) is 14.5. The Labute approximate surface area is 117 Å². The highest BCUT2D eigenvalue weighted by Crippen LogP contribution is 2.26. The molecule has 0 bridgehead atoms. The first-order valence-corrected chi connectivity index (χ1v) is 6.63. The summed E-state index contributed by atoms with van der Waals surface area (Å²) in [7, 11) is 1.85. The summed E-state index contributed by atoms with van der Waals surface area (Å²) in [4.78, 5) is 0. The van der Waals surface area contributed by atoms with Crippen LogP contribution in [0.5, 0.6) is 5.75 Å². The van der Waals surface area contributed by atoms with Crippen molar-refractivity contribution in [2.75, 3.05) is 0 Å². The molecule has 0 spiro atoms. The highest BCUT2D eigenvalue weighted by Gasteiger charge is 2.12. The molecule has 0 aliphatic rings. The van der Waals surface area contributed by atoms with Gasteiger partial charge in [0.05, 0.1) is 17.5 Å². The van der Waals surface area contributed by atoms with E-state index in [1.807, 2.05) is 20.0 Å². The Morgan fingerprint density at radius 1 is 1.40 bits per heavy atom. The number of aliphatic hydroxyl groups is 1. The molecule has 0 fully saturated rings. The van der Waals surface area contributed by atoms with Crippen LogP contribution in [-0.4, -0.2) is 14.9 Å². The number of aromatic nitrogens is 2. The second-order valence-electron chi connectivity index (χ2n) is 4.75. The normalized spacial score (nSPS) is 12.4. The number of rotatable bonds is 5. The van der Waals surface area contributed by atoms with Gasteiger partial charge in [0.1, 0.15) is 18.2 Å². The molecule has 0 saturated heterocycles. The molecule has 1 N–H and O–H groups in total. The van der Waals surface area contributed by atoms with Crippen molar-refractivity contribution in [3.8, 4) is 5.75 Å². The third kappa shape index (κ3) is 3.17. The first-order valence-electron chi connectivity index (χ1n) is 6.63. The zero-order chi connectivity index (χ0) is 14.7. The molecule has 2 aromatic rings. The molecular weight excluding hydrogens is 259 g/mol. The summed E-state index contributed by atoms with van der Waals surface area (Å²) in [5, 5.41) is 14.0. The quantitative estimate of drug-likeness (QED) is 0.914. The van der Waals surface area contributed by atoms with Gasteiger partial charge in [0.2, 0.25) is 0 Å². The third-order valence-corrected chi connectivity index (χ3v) is 3.19. The van der Waals surface area contributed by atoms with E-state index >= 15 is 0 Å². The van der Waals surface area contributed by atoms with E-state index < -0.39 is 6.10 Å². The van der Waals surface area contributed by atoms with Crippen molar-refractivity contribution < 1.29 is 14.2 Å². The molecule has 5 heteroatoms. The van der Waals surface area contributed by atoms with E-state index in [9.17, 15) is 9.50 Å². The minimum absolute atomic E-state index is 0.284. The Hall–Kier alpha value is -1.88. The fourth-order valence-electron chi connectivity index (χ4n) is 2.01. The standard InChI is InChI=1S/C15H19FN2O2/c1-4-12-8-13(18(3)17-12)9-20-15-7-11(16)5-6-14(15)10(2)19/h5-8,10,19H,4,9H2,1-3H3. The van der Waals surface area contributed by atoms with Crippen LogP contribution in [0.3, 0.4) is 0 Å². The van der Waals surface area contributed by atoms with E-state index in [2.05, 4.69) is 5.10 Å². The average Bonchev–Trinajstić information content (AvgIpc) is 2.76. The summed E-state index contributed by atoms with van der Waals surface area (Å²) < 4.78 is 20.7. The maximum atomic E-state index is 13.3. The van der Waals surface area contributed by atoms with Crippen molar-refractivity contribution >= 4 is 0 Å². The second-order valence-corrected chi connectivity index (χ2v) is 4.75. The maximum Gasteiger partial charge on any atom is 0.130 e. The fraction of sp³-hybridized carbons (Fsp3) is 0.400. The molecule has 1 unspecified atom stereocenters. The molecule has 0 amide bonds. The molecule has 0 radical (unpaired) electrons. The van der Waals surface area contributed by atoms with Crippen molar-refractivity contribution in [3.63, 3.8) is 0 Å². The third-order valence-electron chi connectivity index (χ3n) is 3.19. The Bertz CT molecular complexity index is 594. The highest BCUT2D eigenvalue weighted by molar-refractivity contribution is 5.35. The lowest BCUT2D eigenvalue weighted by atomic mass is 10.1. The van der Waals surface area contributed by atoms with Crippen LogP contribution in [0.1, 0.15) is 36.9 Å². The van der Waals surface area contributed by atoms with E-state index in [1.54, 1.807) is 11.6 Å². The van der Waals surface area contributed by atoms with Crippen LogP contribution in [-0.2, 0) is 20.1 Å². The van der Waals surface area contributed by atoms with E-state index in [0.29, 0.717) is 11.3 Å². The fourth-order valence-corrected chi connectivity index (χ4v) is 2.01. The van der Waals surface area contributed by atoms with Gasteiger partial charge in [0, 0.05) is 18.7 Å². The molecule has 0 saturated carbocycles. The molecule has 0 aliphatic carbocycles. The number of halogens is 1. The van der Waals surface area contributed by atoms with E-state index in [0.717, 1.165) is 17.8 Å². The first-order chi connectivity index (χ1) is 9.51. The van der Waals surface area contributed by atoms with Crippen LogP contribution in [0.25, 0.3) is 0 Å². The molecule has 1 aromatic heterocycles. The highest BCUT2D eigenvalue weighted by atomic mass is 19.1. The minimum atomic E-state index is -0.705. The molecule has 1 aromatic carbocycles. The second kappa shape index (κ2) is 6.05. The Morgan fingerprint density at radius 2 is 2.15 bits per heavy atom. The molecule has 20 heavy (non-hydrogen) atoms. The van der Waals surface area contributed by atoms with Crippen LogP contribution in [0.15, 0.2) is 24.3 Å². The van der Waals surface area contributed by atoms with Crippen molar-refractivity contribution in [1.29, 1.82) is 0 Å². The number of aliphatic hydroxyl groups excluding tert-OH is 1. The smallest absolute Gasteiger partial charge is 0.130 e. The number of nitrogens with zero attached hydrogens (tertiary/aromatic N) is 2. The molecule has 1 atom stereocenters. The molecule has 2 rings (SSSR count). The van der Waals surface area contributed by atoms with E-state index in [1.165, 1.54) is 18.2 Å². The van der Waals surface area contributed by atoms with Gasteiger partial charge in [-0.25, -0.2) is 4.39 Å². The van der Waals surface area contributed by atoms with Crippen LogP contribution >= 0.6 is 0 Å². The number of benzene rings is 1. The number of hydrogen-bond donors (Lipinski definition) is 1. The Morgan fingerprint density at radius 3 is 2.75 bits per heavy atom. The van der Waals surface area contributed by atoms with Gasteiger partial charge in [-0.2, -0.15) is 5.10 Å². The average molecular weight is 278 g/mol. The van der Waals surface area contributed by atoms with Gasteiger partial charge in [-0.3, -0.25) is 4.68 Å². The lowest BCUT2D eigenvalue weighted by Gasteiger charge is -2.13. The molecule has 0 aliphatic heterocycles. The van der Waals surface area contributed by atoms with Crippen molar-refractivity contribution in [2.45, 2.75) is 33.0 Å². The molecule has 4 nitrogen and oxygen atoms in total. The van der Waals surface area contributed by atoms with E-state index in [-0.39, 0.29) is 12.4 Å². The topological polar surface area (TPSA) is 47.3 Å². The van der Waals surface area contributed by atoms with Gasteiger partial charge < -0.3 is 9.84 Å². The lowest BCUT2D eigenvalue weighted by molar-refractivity contribution is 0.189. The number of hydrogen-bond acceptors (Lipinski definition) is 3. The molecular formula is C15H19FN2O2. The summed E-state index contributed by atoms with van der Waals surface area (Å²) in [5.74, 6) is -0.0251. The number of aryl methyl sites for hydroxylation is 2. The summed E-state index contributed by atoms with van der Waals surface area (Å²) in [6, 6.07) is 6.10. The Balaban J connectivity index is 2.17. The maximum absolute atomic E-state index is 13.3. The predicted octanol–water partition coefficient (Wildman–Crippen LogP) is 2.75. The Kier molecular flexibility index (Phi) is 4.39. The van der Waals surface area contributed by atoms with E-state index in [4.69, 9.17) is 4.74 Å². The van der Waals surface area contributed by atoms with Crippen molar-refractivity contribution in [3.05, 3.63) is 47.0 Å². The monoisotopic (exact) mass is 278 g/mol. The van der Waals surface area contributed by atoms with Gasteiger partial charge in [-0.05, 0) is 31.5 Å². The summed E-state index contributed by atoms with van der Waals surface area (Å²) in [6.45, 7) is 3.94. The lowest BCUT2D eigenvalue weighted by Crippen LogP contribution is -2.05. The summed E-state index contributed by atoms with van der Waals surface area (Å²) in [6.07, 6.45) is 0.149. The van der Waals surface area contributed by atoms with Gasteiger partial charge in [-0.1, -0.05) is 6.92 Å². The zero-order valence-corrected chi connectivity index (χ0v) is 11.9. The van der Waals surface area contributed by atoms with Gasteiger partial charge >= 0.3 is 0 Å². The van der Waals surface area contributed by atoms with Crippen molar-refractivity contribution in [1.82, 2.24) is 9.78 Å². The SMILES string of the molecule is CCc1cc(COc2cc(F)ccc2C(C)O)n(C)n1. The van der Waals surface area contributed by atoms with Crippen LogP contribution in [0, 0.1) is 5.82 Å². The summed E-state index contributed by atoms with van der Waals surface area (Å²) in [5.41, 5.74) is 2.47. The minimum Gasteiger partial charge on any atom is -0.487 e. The van der Waals surface area contributed by atoms with Crippen LogP contribution in [0.2, 0.25) is 0 Å². The van der Waals surface area contributed by atoms with Gasteiger partial charge in [-0.15, -0.1) is 0 Å². The van der Waals surface area contributed by atoms with Crippen molar-refractivity contribution in [2.24, 2.45) is 7.05 Å². The van der Waals surface area contributed by atoms with Gasteiger partial charge in [0.25, 0.3) is 0 Å². The molecule has 108 valence electrons. The largest absolute Gasteiger partial charge is 0.487 e. The zero-order valence-electron chi connectivity index (χ0n) is 11.9. The van der Waals surface area contributed by atoms with Crippen LogP contribution in [0.4, 0.5) is 4.39 Å². The van der Waals surface area contributed by atoms with Crippen LogP contribution < -0.4 is 4.74 Å².